The van der Waals surface area contributed by atoms with E-state index in [1.54, 1.807) is 6.20 Å². The molecule has 0 aliphatic carbocycles. The number of hydrogen-bond acceptors (Lipinski definition) is 4. The molecule has 0 fully saturated rings. The summed E-state index contributed by atoms with van der Waals surface area (Å²) in [6.45, 7) is 4.33. The average molecular weight is 185 g/mol. The molecule has 0 bridgehead atoms. The Kier molecular flexibility index (Phi) is 3.62. The van der Waals surface area contributed by atoms with Crippen molar-refractivity contribution in [3.8, 4) is 0 Å². The third kappa shape index (κ3) is 2.25. The number of nitrogens with zero attached hydrogens (tertiary/aromatic N) is 2. The highest BCUT2D eigenvalue weighted by molar-refractivity contribution is 6.99. The Morgan fingerprint density at radius 1 is 1.67 bits per heavy atom. The molecule has 0 aliphatic rings. The molecule has 4 heteroatoms. The van der Waals surface area contributed by atoms with Crippen molar-refractivity contribution >= 4 is 11.7 Å². The lowest BCUT2D eigenvalue weighted by Crippen LogP contribution is -2.19. The fourth-order valence-electron chi connectivity index (χ4n) is 1.25. The van der Waals surface area contributed by atoms with Gasteiger partial charge in [0.15, 0.2) is 0 Å². The van der Waals surface area contributed by atoms with Crippen LogP contribution in [0.15, 0.2) is 6.20 Å². The van der Waals surface area contributed by atoms with E-state index in [0.717, 1.165) is 12.1 Å². The van der Waals surface area contributed by atoms with Crippen molar-refractivity contribution in [3.05, 3.63) is 11.9 Å². The molecule has 0 saturated carbocycles. The molecule has 2 unspecified atom stereocenters. The molecule has 3 nitrogen and oxygen atoms in total. The Bertz CT molecular complexity index is 210. The van der Waals surface area contributed by atoms with Crippen LogP contribution in [0.3, 0.4) is 0 Å². The van der Waals surface area contributed by atoms with E-state index in [9.17, 15) is 0 Å². The van der Waals surface area contributed by atoms with E-state index >= 15 is 0 Å². The minimum atomic E-state index is 0.0590. The van der Waals surface area contributed by atoms with Gasteiger partial charge in [0.1, 0.15) is 0 Å². The van der Waals surface area contributed by atoms with E-state index in [2.05, 4.69) is 22.6 Å². The van der Waals surface area contributed by atoms with E-state index in [-0.39, 0.29) is 6.04 Å². The summed E-state index contributed by atoms with van der Waals surface area (Å²) in [5.74, 6) is 0.499. The predicted molar refractivity (Wildman–Crippen MR) is 50.9 cm³/mol. The van der Waals surface area contributed by atoms with Gasteiger partial charge in [-0.2, -0.15) is 8.75 Å². The molecule has 0 radical (unpaired) electrons. The molecular weight excluding hydrogens is 170 g/mol. The van der Waals surface area contributed by atoms with Gasteiger partial charge in [-0.05, 0) is 12.3 Å². The second-order valence-electron chi connectivity index (χ2n) is 3.12. The molecule has 2 N–H and O–H groups in total. The second kappa shape index (κ2) is 4.52. The lowest BCUT2D eigenvalue weighted by molar-refractivity contribution is 0.428. The fraction of sp³-hybridized carbons (Fsp3) is 0.750. The number of nitrogens with two attached hydrogens (primary N) is 1. The van der Waals surface area contributed by atoms with Gasteiger partial charge in [-0.3, -0.25) is 0 Å². The largest absolute Gasteiger partial charge is 0.322 e. The minimum Gasteiger partial charge on any atom is -0.322 e. The van der Waals surface area contributed by atoms with Crippen LogP contribution < -0.4 is 5.73 Å². The highest BCUT2D eigenvalue weighted by atomic mass is 32.1. The van der Waals surface area contributed by atoms with Gasteiger partial charge >= 0.3 is 0 Å². The van der Waals surface area contributed by atoms with Crippen LogP contribution >= 0.6 is 11.7 Å². The summed E-state index contributed by atoms with van der Waals surface area (Å²) in [6.07, 6.45) is 4.09. The predicted octanol–water partition coefficient (Wildman–Crippen LogP) is 1.97. The number of rotatable bonds is 4. The molecule has 2 atom stereocenters. The molecular formula is C8H15N3S. The maximum absolute atomic E-state index is 5.97. The molecule has 1 aromatic rings. The van der Waals surface area contributed by atoms with Gasteiger partial charge < -0.3 is 5.73 Å². The van der Waals surface area contributed by atoms with Crippen molar-refractivity contribution in [2.45, 2.75) is 32.7 Å². The quantitative estimate of drug-likeness (QED) is 0.780. The first kappa shape index (κ1) is 9.61. The van der Waals surface area contributed by atoms with Gasteiger partial charge in [0.05, 0.1) is 29.7 Å². The molecule has 1 aromatic heterocycles. The zero-order valence-electron chi connectivity index (χ0n) is 7.53. The Morgan fingerprint density at radius 2 is 2.42 bits per heavy atom. The van der Waals surface area contributed by atoms with E-state index < -0.39 is 0 Å². The van der Waals surface area contributed by atoms with Gasteiger partial charge in [0, 0.05) is 0 Å². The zero-order valence-corrected chi connectivity index (χ0v) is 8.34. The monoisotopic (exact) mass is 185 g/mol. The van der Waals surface area contributed by atoms with Crippen LogP contribution in [0.25, 0.3) is 0 Å². The van der Waals surface area contributed by atoms with E-state index in [0.29, 0.717) is 5.92 Å². The molecule has 1 heterocycles. The van der Waals surface area contributed by atoms with Crippen molar-refractivity contribution in [3.63, 3.8) is 0 Å². The topological polar surface area (TPSA) is 51.8 Å². The maximum Gasteiger partial charge on any atom is 0.0912 e. The molecule has 0 saturated heterocycles. The highest BCUT2D eigenvalue weighted by Crippen LogP contribution is 2.21. The fourth-order valence-corrected chi connectivity index (χ4v) is 1.71. The van der Waals surface area contributed by atoms with Crippen LogP contribution in [0.4, 0.5) is 0 Å². The van der Waals surface area contributed by atoms with Gasteiger partial charge in [-0.15, -0.1) is 0 Å². The summed E-state index contributed by atoms with van der Waals surface area (Å²) in [5.41, 5.74) is 6.90. The van der Waals surface area contributed by atoms with E-state index in [1.165, 1.54) is 18.1 Å². The first-order valence-electron chi connectivity index (χ1n) is 4.28. The first-order valence-corrected chi connectivity index (χ1v) is 5.01. The zero-order chi connectivity index (χ0) is 8.97. The molecule has 68 valence electrons. The van der Waals surface area contributed by atoms with E-state index in [1.807, 2.05) is 0 Å². The Morgan fingerprint density at radius 3 is 2.92 bits per heavy atom. The van der Waals surface area contributed by atoms with Crippen LogP contribution in [-0.2, 0) is 0 Å². The number of aromatic nitrogens is 2. The lowest BCUT2D eigenvalue weighted by Gasteiger charge is -2.16. The van der Waals surface area contributed by atoms with Gasteiger partial charge in [0.2, 0.25) is 0 Å². The Hall–Kier alpha value is -0.480. The normalized spacial score (nSPS) is 15.9. The SMILES string of the molecule is CCCC(C)C(N)c1cnsn1. The van der Waals surface area contributed by atoms with Gasteiger partial charge in [-0.25, -0.2) is 0 Å². The third-order valence-corrected chi connectivity index (χ3v) is 2.57. The number of hydrogen-bond donors (Lipinski definition) is 1. The van der Waals surface area contributed by atoms with Crippen LogP contribution in [-0.4, -0.2) is 8.75 Å². The standard InChI is InChI=1S/C8H15N3S/c1-3-4-6(2)8(9)7-5-10-12-11-7/h5-6,8H,3-4,9H2,1-2H3. The van der Waals surface area contributed by atoms with Crippen LogP contribution in [0.2, 0.25) is 0 Å². The Labute approximate surface area is 77.3 Å². The molecule has 12 heavy (non-hydrogen) atoms. The molecule has 0 spiro atoms. The molecule has 1 rings (SSSR count). The third-order valence-electron chi connectivity index (χ3n) is 2.08. The van der Waals surface area contributed by atoms with Crippen LogP contribution in [0.1, 0.15) is 38.4 Å². The summed E-state index contributed by atoms with van der Waals surface area (Å²) in [6, 6.07) is 0.0590. The second-order valence-corrected chi connectivity index (χ2v) is 3.68. The highest BCUT2D eigenvalue weighted by Gasteiger charge is 2.15. The summed E-state index contributed by atoms with van der Waals surface area (Å²) in [7, 11) is 0. The van der Waals surface area contributed by atoms with Crippen molar-refractivity contribution < 1.29 is 0 Å². The van der Waals surface area contributed by atoms with E-state index in [4.69, 9.17) is 5.73 Å². The summed E-state index contributed by atoms with van der Waals surface area (Å²) in [5, 5.41) is 0. The van der Waals surface area contributed by atoms with Crippen molar-refractivity contribution in [2.75, 3.05) is 0 Å². The average Bonchev–Trinajstić information content (AvgIpc) is 2.55. The molecule has 0 aromatic carbocycles. The van der Waals surface area contributed by atoms with Gasteiger partial charge in [-0.1, -0.05) is 20.3 Å². The van der Waals surface area contributed by atoms with Gasteiger partial charge in [0.25, 0.3) is 0 Å². The first-order chi connectivity index (χ1) is 5.75. The van der Waals surface area contributed by atoms with Crippen molar-refractivity contribution in [1.82, 2.24) is 8.75 Å². The van der Waals surface area contributed by atoms with Crippen LogP contribution in [0.5, 0.6) is 0 Å². The Balaban J connectivity index is 2.53. The van der Waals surface area contributed by atoms with Crippen molar-refractivity contribution in [1.29, 1.82) is 0 Å². The molecule has 0 aliphatic heterocycles. The summed E-state index contributed by atoms with van der Waals surface area (Å²) in [4.78, 5) is 0. The minimum absolute atomic E-state index is 0.0590. The smallest absolute Gasteiger partial charge is 0.0912 e. The summed E-state index contributed by atoms with van der Waals surface area (Å²) >= 11 is 1.22. The molecule has 0 amide bonds. The van der Waals surface area contributed by atoms with Crippen LogP contribution in [0, 0.1) is 5.92 Å². The van der Waals surface area contributed by atoms with Crippen molar-refractivity contribution in [2.24, 2.45) is 11.7 Å². The maximum atomic E-state index is 5.97. The summed E-state index contributed by atoms with van der Waals surface area (Å²) < 4.78 is 8.06. The lowest BCUT2D eigenvalue weighted by atomic mass is 9.96.